The molecule has 2 rings (SSSR count). The molecule has 7 heteroatoms. The second kappa shape index (κ2) is 5.74. The van der Waals surface area contributed by atoms with Gasteiger partial charge in [-0.25, -0.2) is 4.98 Å². The Hall–Kier alpha value is -2.70. The summed E-state index contributed by atoms with van der Waals surface area (Å²) < 4.78 is 5.69. The van der Waals surface area contributed by atoms with Crippen LogP contribution in [0.1, 0.15) is 23.9 Å². The summed E-state index contributed by atoms with van der Waals surface area (Å²) in [7, 11) is 0. The van der Waals surface area contributed by atoms with Crippen molar-refractivity contribution >= 4 is 11.5 Å². The maximum Gasteiger partial charge on any atom is 0.272 e. The van der Waals surface area contributed by atoms with Crippen molar-refractivity contribution in [3.05, 3.63) is 45.3 Å². The Bertz CT molecular complexity index is 701. The fourth-order valence-corrected chi connectivity index (χ4v) is 1.90. The number of rotatable bonds is 4. The molecule has 0 radical (unpaired) electrons. The highest BCUT2D eigenvalue weighted by Gasteiger charge is 2.15. The molecule has 0 aliphatic rings. The average Bonchev–Trinajstić information content (AvgIpc) is 2.41. The highest BCUT2D eigenvalue weighted by molar-refractivity contribution is 5.50. The number of hydrogen-bond donors (Lipinski definition) is 1. The Labute approximate surface area is 121 Å². The van der Waals surface area contributed by atoms with E-state index in [-0.39, 0.29) is 5.69 Å². The molecular weight excluding hydrogens is 272 g/mol. The smallest absolute Gasteiger partial charge is 0.272 e. The molecule has 0 fully saturated rings. The van der Waals surface area contributed by atoms with Gasteiger partial charge in [0.25, 0.3) is 5.69 Å². The van der Waals surface area contributed by atoms with Gasteiger partial charge in [0, 0.05) is 24.1 Å². The van der Waals surface area contributed by atoms with Crippen LogP contribution < -0.4 is 10.5 Å². The monoisotopic (exact) mass is 288 g/mol. The number of nitro groups is 1. The fourth-order valence-electron chi connectivity index (χ4n) is 1.90. The van der Waals surface area contributed by atoms with Crippen LogP contribution in [-0.2, 0) is 6.42 Å². The maximum atomic E-state index is 10.9. The first kappa shape index (κ1) is 14.7. The van der Waals surface area contributed by atoms with Crippen molar-refractivity contribution in [2.45, 2.75) is 27.2 Å². The second-order valence-electron chi connectivity index (χ2n) is 4.66. The van der Waals surface area contributed by atoms with E-state index in [0.29, 0.717) is 40.8 Å². The molecule has 2 aromatic rings. The van der Waals surface area contributed by atoms with Crippen molar-refractivity contribution in [2.75, 3.05) is 5.73 Å². The summed E-state index contributed by atoms with van der Waals surface area (Å²) in [6.07, 6.45) is 0.639. The summed E-state index contributed by atoms with van der Waals surface area (Å²) >= 11 is 0. The van der Waals surface area contributed by atoms with Gasteiger partial charge in [-0.05, 0) is 25.5 Å². The molecule has 21 heavy (non-hydrogen) atoms. The standard InChI is InChI=1S/C14H16N4O3/c1-4-13-16-12(15)7-14(17-13)21-11-6-8(2)10(18(19)20)5-9(11)3/h5-7H,4H2,1-3H3,(H2,15,16,17). The fraction of sp³-hybridized carbons (Fsp3) is 0.286. The minimum absolute atomic E-state index is 0.0660. The number of nitro benzene ring substituents is 1. The zero-order valence-electron chi connectivity index (χ0n) is 12.1. The lowest BCUT2D eigenvalue weighted by molar-refractivity contribution is -0.385. The maximum absolute atomic E-state index is 10.9. The highest BCUT2D eigenvalue weighted by atomic mass is 16.6. The first-order valence-corrected chi connectivity index (χ1v) is 6.47. The first-order chi connectivity index (χ1) is 9.90. The first-order valence-electron chi connectivity index (χ1n) is 6.47. The molecule has 0 amide bonds. The number of nitrogens with zero attached hydrogens (tertiary/aromatic N) is 3. The van der Waals surface area contributed by atoms with Crippen molar-refractivity contribution < 1.29 is 9.66 Å². The molecule has 0 saturated carbocycles. The molecule has 1 aromatic carbocycles. The van der Waals surface area contributed by atoms with Crippen LogP contribution in [0.3, 0.4) is 0 Å². The van der Waals surface area contributed by atoms with Crippen molar-refractivity contribution in [1.29, 1.82) is 0 Å². The van der Waals surface area contributed by atoms with Crippen molar-refractivity contribution in [1.82, 2.24) is 9.97 Å². The number of hydrogen-bond acceptors (Lipinski definition) is 6. The van der Waals surface area contributed by atoms with Gasteiger partial charge >= 0.3 is 0 Å². The van der Waals surface area contributed by atoms with Gasteiger partial charge in [-0.15, -0.1) is 0 Å². The lowest BCUT2D eigenvalue weighted by atomic mass is 10.1. The zero-order chi connectivity index (χ0) is 15.6. The van der Waals surface area contributed by atoms with Crippen LogP contribution in [0.5, 0.6) is 11.6 Å². The molecule has 7 nitrogen and oxygen atoms in total. The quantitative estimate of drug-likeness (QED) is 0.685. The van der Waals surface area contributed by atoms with E-state index in [1.165, 1.54) is 12.1 Å². The lowest BCUT2D eigenvalue weighted by Gasteiger charge is -2.10. The molecule has 2 N–H and O–H groups in total. The van der Waals surface area contributed by atoms with E-state index in [1.54, 1.807) is 19.9 Å². The van der Waals surface area contributed by atoms with E-state index in [2.05, 4.69) is 9.97 Å². The van der Waals surface area contributed by atoms with E-state index in [1.807, 2.05) is 6.92 Å². The van der Waals surface area contributed by atoms with Gasteiger partial charge in [0.1, 0.15) is 17.4 Å². The number of aromatic nitrogens is 2. The van der Waals surface area contributed by atoms with Gasteiger partial charge in [-0.1, -0.05) is 6.92 Å². The molecule has 0 aliphatic carbocycles. The Kier molecular flexibility index (Phi) is 4.02. The molecule has 0 bridgehead atoms. The predicted molar refractivity (Wildman–Crippen MR) is 78.5 cm³/mol. The van der Waals surface area contributed by atoms with Gasteiger partial charge in [0.15, 0.2) is 0 Å². The van der Waals surface area contributed by atoms with Crippen LogP contribution in [0.15, 0.2) is 18.2 Å². The minimum Gasteiger partial charge on any atom is -0.439 e. The summed E-state index contributed by atoms with van der Waals surface area (Å²) in [6, 6.07) is 4.63. The van der Waals surface area contributed by atoms with Crippen LogP contribution in [0.4, 0.5) is 11.5 Å². The van der Waals surface area contributed by atoms with Gasteiger partial charge < -0.3 is 10.5 Å². The topological polar surface area (TPSA) is 104 Å². The number of benzene rings is 1. The van der Waals surface area contributed by atoms with Gasteiger partial charge in [0.2, 0.25) is 5.88 Å². The van der Waals surface area contributed by atoms with Crippen LogP contribution in [0.2, 0.25) is 0 Å². The van der Waals surface area contributed by atoms with Crippen molar-refractivity contribution in [3.8, 4) is 11.6 Å². The van der Waals surface area contributed by atoms with Gasteiger partial charge in [0.05, 0.1) is 4.92 Å². The number of nitrogens with two attached hydrogens (primary N) is 1. The highest BCUT2D eigenvalue weighted by Crippen LogP contribution is 2.30. The summed E-state index contributed by atoms with van der Waals surface area (Å²) in [5.74, 6) is 1.75. The third kappa shape index (κ3) is 3.25. The van der Waals surface area contributed by atoms with Crippen LogP contribution in [0.25, 0.3) is 0 Å². The predicted octanol–water partition coefficient (Wildman–Crippen LogP) is 2.94. The Morgan fingerprint density at radius 3 is 2.57 bits per heavy atom. The molecule has 1 aromatic heterocycles. The number of nitrogen functional groups attached to an aromatic ring is 1. The number of aryl methyl sites for hydroxylation is 3. The molecule has 0 aliphatic heterocycles. The molecule has 0 saturated heterocycles. The SMILES string of the molecule is CCc1nc(N)cc(Oc2cc(C)c([N+](=O)[O-])cc2C)n1. The van der Waals surface area contributed by atoms with Crippen LogP contribution in [0, 0.1) is 24.0 Å². The molecular formula is C14H16N4O3. The van der Waals surface area contributed by atoms with E-state index >= 15 is 0 Å². The van der Waals surface area contributed by atoms with Crippen LogP contribution >= 0.6 is 0 Å². The molecule has 110 valence electrons. The van der Waals surface area contributed by atoms with E-state index in [4.69, 9.17) is 10.5 Å². The van der Waals surface area contributed by atoms with Crippen molar-refractivity contribution in [3.63, 3.8) is 0 Å². The van der Waals surface area contributed by atoms with Gasteiger partial charge in [-0.3, -0.25) is 10.1 Å². The Balaban J connectivity index is 2.38. The summed E-state index contributed by atoms with van der Waals surface area (Å²) in [4.78, 5) is 18.8. The summed E-state index contributed by atoms with van der Waals surface area (Å²) in [5, 5.41) is 10.9. The molecule has 0 spiro atoms. The normalized spacial score (nSPS) is 10.4. The second-order valence-corrected chi connectivity index (χ2v) is 4.66. The largest absolute Gasteiger partial charge is 0.439 e. The van der Waals surface area contributed by atoms with E-state index in [0.717, 1.165) is 0 Å². The lowest BCUT2D eigenvalue weighted by Crippen LogP contribution is -2.01. The van der Waals surface area contributed by atoms with Gasteiger partial charge in [-0.2, -0.15) is 4.98 Å². The van der Waals surface area contributed by atoms with E-state index < -0.39 is 4.92 Å². The number of anilines is 1. The molecule has 0 unspecified atom stereocenters. The third-order valence-electron chi connectivity index (χ3n) is 2.99. The van der Waals surface area contributed by atoms with Crippen molar-refractivity contribution in [2.24, 2.45) is 0 Å². The Morgan fingerprint density at radius 2 is 1.95 bits per heavy atom. The van der Waals surface area contributed by atoms with Crippen LogP contribution in [-0.4, -0.2) is 14.9 Å². The number of ether oxygens (including phenoxy) is 1. The summed E-state index contributed by atoms with van der Waals surface area (Å²) in [5.41, 5.74) is 6.95. The minimum atomic E-state index is -0.413. The molecule has 1 heterocycles. The average molecular weight is 288 g/mol. The molecule has 0 atom stereocenters. The van der Waals surface area contributed by atoms with E-state index in [9.17, 15) is 10.1 Å². The Morgan fingerprint density at radius 1 is 1.24 bits per heavy atom. The zero-order valence-corrected chi connectivity index (χ0v) is 12.1. The third-order valence-corrected chi connectivity index (χ3v) is 2.99. The summed E-state index contributed by atoms with van der Waals surface area (Å²) in [6.45, 7) is 5.32.